The quantitative estimate of drug-likeness (QED) is 0.847. The van der Waals surface area contributed by atoms with Gasteiger partial charge in [0.25, 0.3) is 0 Å². The molecule has 6 heteroatoms. The molecule has 1 spiro atoms. The second-order valence-electron chi connectivity index (χ2n) is 6.23. The number of esters is 1. The molecule has 0 bridgehead atoms. The average Bonchev–Trinajstić information content (AvgIpc) is 3.24. The first-order chi connectivity index (χ1) is 11.6. The van der Waals surface area contributed by atoms with Crippen LogP contribution in [0.2, 0.25) is 5.02 Å². The van der Waals surface area contributed by atoms with Gasteiger partial charge in [0.2, 0.25) is 0 Å². The number of aromatic nitrogens is 1. The van der Waals surface area contributed by atoms with Crippen LogP contribution in [0.5, 0.6) is 0 Å². The Labute approximate surface area is 144 Å². The van der Waals surface area contributed by atoms with Crippen LogP contribution < -0.4 is 5.32 Å². The Kier molecular flexibility index (Phi) is 3.49. The second-order valence-corrected chi connectivity index (χ2v) is 6.61. The fourth-order valence-electron chi connectivity index (χ4n) is 3.32. The number of nitrogens with zero attached hydrogens (tertiary/aromatic N) is 1. The summed E-state index contributed by atoms with van der Waals surface area (Å²) >= 11 is 6.62. The molecular weight excluding hydrogens is 331 g/mol. The van der Waals surface area contributed by atoms with Crippen LogP contribution in [0.4, 0.5) is 10.2 Å². The van der Waals surface area contributed by atoms with Crippen molar-refractivity contribution in [3.8, 4) is 11.1 Å². The van der Waals surface area contributed by atoms with Crippen molar-refractivity contribution in [2.24, 2.45) is 0 Å². The Hall–Kier alpha value is -2.14. The number of pyridine rings is 1. The van der Waals surface area contributed by atoms with Crippen molar-refractivity contribution < 1.29 is 13.9 Å². The Morgan fingerprint density at radius 2 is 2.21 bits per heavy atom. The van der Waals surface area contributed by atoms with Gasteiger partial charge in [-0.3, -0.25) is 0 Å². The van der Waals surface area contributed by atoms with Crippen LogP contribution in [-0.2, 0) is 10.2 Å². The smallest absolute Gasteiger partial charge is 0.341 e. The summed E-state index contributed by atoms with van der Waals surface area (Å²) in [4.78, 5) is 16.3. The van der Waals surface area contributed by atoms with Gasteiger partial charge in [-0.1, -0.05) is 23.7 Å². The predicted molar refractivity (Wildman–Crippen MR) is 90.0 cm³/mol. The van der Waals surface area contributed by atoms with Gasteiger partial charge in [-0.25, -0.2) is 14.2 Å². The summed E-state index contributed by atoms with van der Waals surface area (Å²) in [7, 11) is 0. The number of ether oxygens (including phenoxy) is 1. The maximum Gasteiger partial charge on any atom is 0.341 e. The lowest BCUT2D eigenvalue weighted by Gasteiger charge is -2.14. The van der Waals surface area contributed by atoms with E-state index in [4.69, 9.17) is 16.3 Å². The zero-order valence-corrected chi connectivity index (χ0v) is 13.9. The summed E-state index contributed by atoms with van der Waals surface area (Å²) < 4.78 is 19.8. The van der Waals surface area contributed by atoms with Gasteiger partial charge in [0, 0.05) is 34.8 Å². The number of carbonyl (C=O) groups is 1. The largest absolute Gasteiger partial charge is 0.462 e. The van der Waals surface area contributed by atoms with E-state index in [1.807, 2.05) is 0 Å². The summed E-state index contributed by atoms with van der Waals surface area (Å²) in [6, 6.07) is 4.64. The second kappa shape index (κ2) is 5.45. The lowest BCUT2D eigenvalue weighted by Crippen LogP contribution is -2.09. The van der Waals surface area contributed by atoms with Crippen LogP contribution >= 0.6 is 11.6 Å². The molecule has 0 atom stereocenters. The monoisotopic (exact) mass is 346 g/mol. The number of rotatable bonds is 3. The lowest BCUT2D eigenvalue weighted by molar-refractivity contribution is 0.0521. The molecule has 1 N–H and O–H groups in total. The molecule has 4 rings (SSSR count). The molecule has 124 valence electrons. The van der Waals surface area contributed by atoms with E-state index in [9.17, 15) is 9.18 Å². The molecule has 2 aliphatic rings. The Balaban J connectivity index is 1.84. The highest BCUT2D eigenvalue weighted by Crippen LogP contribution is 2.57. The van der Waals surface area contributed by atoms with Crippen LogP contribution in [-0.4, -0.2) is 24.1 Å². The number of hydrogen-bond donors (Lipinski definition) is 1. The minimum absolute atomic E-state index is 0.0463. The predicted octanol–water partition coefficient (Wildman–Crippen LogP) is 4.17. The molecule has 0 saturated heterocycles. The number of hydrogen-bond acceptors (Lipinski definition) is 4. The maximum atomic E-state index is 14.9. The molecule has 24 heavy (non-hydrogen) atoms. The van der Waals surface area contributed by atoms with Crippen LogP contribution in [0.3, 0.4) is 0 Å². The summed E-state index contributed by atoms with van der Waals surface area (Å²) in [5.74, 6) is -0.527. The normalized spacial score (nSPS) is 16.6. The average molecular weight is 347 g/mol. The number of anilines is 1. The molecule has 1 aliphatic carbocycles. The Morgan fingerprint density at radius 1 is 1.42 bits per heavy atom. The van der Waals surface area contributed by atoms with Crippen LogP contribution in [0.15, 0.2) is 24.4 Å². The van der Waals surface area contributed by atoms with Gasteiger partial charge in [0.15, 0.2) is 0 Å². The number of nitrogens with one attached hydrogen (secondary N) is 1. The molecular formula is C18H16ClFN2O2. The molecule has 0 radical (unpaired) electrons. The topological polar surface area (TPSA) is 51.2 Å². The van der Waals surface area contributed by atoms with E-state index < -0.39 is 11.8 Å². The van der Waals surface area contributed by atoms with E-state index in [1.165, 1.54) is 6.07 Å². The van der Waals surface area contributed by atoms with E-state index in [0.717, 1.165) is 30.8 Å². The number of fused-ring (bicyclic) bond motifs is 2. The molecule has 1 fully saturated rings. The molecule has 0 amide bonds. The van der Waals surface area contributed by atoms with Crippen molar-refractivity contribution in [2.75, 3.05) is 18.5 Å². The van der Waals surface area contributed by atoms with Crippen molar-refractivity contribution in [3.05, 3.63) is 46.4 Å². The van der Waals surface area contributed by atoms with E-state index in [2.05, 4.69) is 10.3 Å². The third kappa shape index (κ3) is 2.18. The summed E-state index contributed by atoms with van der Waals surface area (Å²) in [5, 5.41) is 3.79. The minimum atomic E-state index is -0.678. The van der Waals surface area contributed by atoms with Gasteiger partial charge >= 0.3 is 5.97 Å². The van der Waals surface area contributed by atoms with Gasteiger partial charge in [-0.05, 0) is 25.8 Å². The summed E-state index contributed by atoms with van der Waals surface area (Å²) in [6.45, 7) is 2.70. The molecule has 2 heterocycles. The van der Waals surface area contributed by atoms with Crippen molar-refractivity contribution >= 4 is 23.4 Å². The number of halogens is 2. The third-order valence-electron chi connectivity index (χ3n) is 4.78. The van der Waals surface area contributed by atoms with Crippen LogP contribution in [0, 0.1) is 5.82 Å². The van der Waals surface area contributed by atoms with Gasteiger partial charge in [0.1, 0.15) is 11.6 Å². The number of carbonyl (C=O) groups excluding carboxylic acids is 1. The van der Waals surface area contributed by atoms with E-state index in [0.29, 0.717) is 10.6 Å². The Morgan fingerprint density at radius 3 is 2.92 bits per heavy atom. The molecule has 1 aromatic heterocycles. The van der Waals surface area contributed by atoms with Gasteiger partial charge in [0.05, 0.1) is 17.2 Å². The van der Waals surface area contributed by atoms with Gasteiger partial charge in [-0.15, -0.1) is 0 Å². The standard InChI is InChI=1S/C18H16ClFN2O2/c1-2-24-17(23)11-5-3-4-10(15(11)20)12-8-21-16-13(14(12)19)18(6-7-18)9-22-16/h3-5,8H,2,6-7,9H2,1H3,(H,21,22). The highest BCUT2D eigenvalue weighted by Gasteiger charge is 2.51. The molecule has 1 saturated carbocycles. The third-order valence-corrected chi connectivity index (χ3v) is 5.17. The van der Waals surface area contributed by atoms with E-state index in [-0.39, 0.29) is 23.1 Å². The van der Waals surface area contributed by atoms with Crippen molar-refractivity contribution in [1.82, 2.24) is 4.98 Å². The maximum absolute atomic E-state index is 14.9. The fraction of sp³-hybridized carbons (Fsp3) is 0.333. The Bertz CT molecular complexity index is 849. The van der Waals surface area contributed by atoms with Crippen molar-refractivity contribution in [1.29, 1.82) is 0 Å². The first-order valence-corrected chi connectivity index (χ1v) is 8.34. The highest BCUT2D eigenvalue weighted by atomic mass is 35.5. The van der Waals surface area contributed by atoms with Gasteiger partial charge in [-0.2, -0.15) is 0 Å². The molecule has 1 aromatic carbocycles. The molecule has 1 aliphatic heterocycles. The molecule has 4 nitrogen and oxygen atoms in total. The van der Waals surface area contributed by atoms with E-state index >= 15 is 0 Å². The first kappa shape index (κ1) is 15.4. The minimum Gasteiger partial charge on any atom is -0.462 e. The molecule has 0 unspecified atom stereocenters. The molecule has 2 aromatic rings. The van der Waals surface area contributed by atoms with Crippen LogP contribution in [0.25, 0.3) is 11.1 Å². The summed E-state index contributed by atoms with van der Waals surface area (Å²) in [6.07, 6.45) is 3.68. The zero-order chi connectivity index (χ0) is 16.9. The van der Waals surface area contributed by atoms with E-state index in [1.54, 1.807) is 25.3 Å². The SMILES string of the molecule is CCOC(=O)c1cccc(-c2cnc3c(c2Cl)C2(CC2)CN3)c1F. The fourth-order valence-corrected chi connectivity index (χ4v) is 3.76. The van der Waals surface area contributed by atoms with Crippen LogP contribution in [0.1, 0.15) is 35.7 Å². The zero-order valence-electron chi connectivity index (χ0n) is 13.2. The number of benzene rings is 1. The van der Waals surface area contributed by atoms with Gasteiger partial charge < -0.3 is 10.1 Å². The highest BCUT2D eigenvalue weighted by molar-refractivity contribution is 6.34. The lowest BCUT2D eigenvalue weighted by atomic mass is 9.95. The van der Waals surface area contributed by atoms with Crippen molar-refractivity contribution in [3.63, 3.8) is 0 Å². The first-order valence-electron chi connectivity index (χ1n) is 7.96. The van der Waals surface area contributed by atoms with Crippen molar-refractivity contribution in [2.45, 2.75) is 25.2 Å². The summed E-state index contributed by atoms with van der Waals surface area (Å²) in [5.41, 5.74) is 1.70.